The SMILES string of the molecule is CN(CC#N)C(=O)CCCCCNC(=O)OCc1ccccc1. The number of hydrogen-bond donors (Lipinski definition) is 1. The molecule has 2 amide bonds. The van der Waals surface area contributed by atoms with E-state index in [2.05, 4.69) is 5.32 Å². The number of carbonyl (C=O) groups excluding carboxylic acids is 2. The van der Waals surface area contributed by atoms with Gasteiger partial charge in [-0.25, -0.2) is 4.79 Å². The summed E-state index contributed by atoms with van der Waals surface area (Å²) >= 11 is 0. The summed E-state index contributed by atoms with van der Waals surface area (Å²) in [6, 6.07) is 11.4. The van der Waals surface area contributed by atoms with Gasteiger partial charge in [-0.1, -0.05) is 36.8 Å². The highest BCUT2D eigenvalue weighted by Crippen LogP contribution is 2.03. The minimum atomic E-state index is -0.432. The number of nitrogens with zero attached hydrogens (tertiary/aromatic N) is 2. The molecule has 124 valence electrons. The molecule has 0 aliphatic rings. The third-order valence-electron chi connectivity index (χ3n) is 3.28. The second-order valence-corrected chi connectivity index (χ2v) is 5.21. The summed E-state index contributed by atoms with van der Waals surface area (Å²) in [4.78, 5) is 24.5. The molecule has 1 N–H and O–H groups in total. The molecule has 0 radical (unpaired) electrons. The van der Waals surface area contributed by atoms with Crippen LogP contribution in [-0.2, 0) is 16.1 Å². The molecule has 0 spiro atoms. The summed E-state index contributed by atoms with van der Waals surface area (Å²) in [6.07, 6.45) is 2.37. The van der Waals surface area contributed by atoms with E-state index in [0.717, 1.165) is 24.8 Å². The minimum absolute atomic E-state index is 0.0261. The first kappa shape index (κ1) is 18.5. The van der Waals surface area contributed by atoms with Crippen molar-refractivity contribution in [3.05, 3.63) is 35.9 Å². The molecule has 1 rings (SSSR count). The maximum Gasteiger partial charge on any atom is 0.407 e. The summed E-state index contributed by atoms with van der Waals surface area (Å²) < 4.78 is 5.09. The van der Waals surface area contributed by atoms with Gasteiger partial charge in [0.05, 0.1) is 6.07 Å². The Morgan fingerprint density at radius 3 is 2.65 bits per heavy atom. The van der Waals surface area contributed by atoms with Crippen LogP contribution in [0.2, 0.25) is 0 Å². The van der Waals surface area contributed by atoms with Crippen molar-refractivity contribution in [2.45, 2.75) is 32.3 Å². The topological polar surface area (TPSA) is 82.4 Å². The van der Waals surface area contributed by atoms with Crippen molar-refractivity contribution < 1.29 is 14.3 Å². The van der Waals surface area contributed by atoms with Gasteiger partial charge in [-0.3, -0.25) is 4.79 Å². The van der Waals surface area contributed by atoms with Crippen molar-refractivity contribution in [3.8, 4) is 6.07 Å². The predicted molar refractivity (Wildman–Crippen MR) is 86.3 cm³/mol. The maximum absolute atomic E-state index is 11.6. The fourth-order valence-electron chi connectivity index (χ4n) is 1.93. The minimum Gasteiger partial charge on any atom is -0.445 e. The Hall–Kier alpha value is -2.55. The van der Waals surface area contributed by atoms with Crippen molar-refractivity contribution in [3.63, 3.8) is 0 Å². The maximum atomic E-state index is 11.6. The molecular weight excluding hydrogens is 294 g/mol. The molecule has 6 nitrogen and oxygen atoms in total. The number of alkyl carbamates (subject to hydrolysis) is 1. The second kappa shape index (κ2) is 11.1. The van der Waals surface area contributed by atoms with E-state index < -0.39 is 6.09 Å². The van der Waals surface area contributed by atoms with Crippen molar-refractivity contribution in [2.75, 3.05) is 20.1 Å². The van der Waals surface area contributed by atoms with Crippen molar-refractivity contribution in [1.29, 1.82) is 5.26 Å². The van der Waals surface area contributed by atoms with Crippen LogP contribution in [0.3, 0.4) is 0 Å². The van der Waals surface area contributed by atoms with Gasteiger partial charge >= 0.3 is 6.09 Å². The van der Waals surface area contributed by atoms with Gasteiger partial charge in [0.15, 0.2) is 0 Å². The number of hydrogen-bond acceptors (Lipinski definition) is 4. The summed E-state index contributed by atoms with van der Waals surface area (Å²) in [5, 5.41) is 11.2. The van der Waals surface area contributed by atoms with Crippen molar-refractivity contribution in [1.82, 2.24) is 10.2 Å². The van der Waals surface area contributed by atoms with E-state index in [9.17, 15) is 9.59 Å². The number of ether oxygens (including phenoxy) is 1. The van der Waals surface area contributed by atoms with E-state index in [1.165, 1.54) is 4.90 Å². The quantitative estimate of drug-likeness (QED) is 0.560. The summed E-state index contributed by atoms with van der Waals surface area (Å²) in [7, 11) is 1.62. The number of unbranched alkanes of at least 4 members (excludes halogenated alkanes) is 2. The summed E-state index contributed by atoms with van der Waals surface area (Å²) in [5.41, 5.74) is 0.947. The van der Waals surface area contributed by atoms with Gasteiger partial charge in [0.2, 0.25) is 5.91 Å². The Morgan fingerprint density at radius 1 is 1.22 bits per heavy atom. The number of nitrogens with one attached hydrogen (secondary N) is 1. The van der Waals surface area contributed by atoms with E-state index in [1.807, 2.05) is 36.4 Å². The summed E-state index contributed by atoms with van der Waals surface area (Å²) in [5.74, 6) is -0.0261. The van der Waals surface area contributed by atoms with Crippen LogP contribution < -0.4 is 5.32 Å². The molecule has 0 atom stereocenters. The number of nitriles is 1. The monoisotopic (exact) mass is 317 g/mol. The van der Waals surface area contributed by atoms with Crippen LogP contribution in [0.25, 0.3) is 0 Å². The van der Waals surface area contributed by atoms with E-state index in [1.54, 1.807) is 7.05 Å². The van der Waals surface area contributed by atoms with E-state index in [4.69, 9.17) is 10.00 Å². The Balaban J connectivity index is 2.01. The normalized spacial score (nSPS) is 9.74. The molecule has 0 unspecified atom stereocenters. The van der Waals surface area contributed by atoms with Crippen LogP contribution in [-0.4, -0.2) is 37.0 Å². The zero-order valence-corrected chi connectivity index (χ0v) is 13.5. The van der Waals surface area contributed by atoms with Gasteiger partial charge in [0.1, 0.15) is 13.2 Å². The van der Waals surface area contributed by atoms with E-state index in [-0.39, 0.29) is 19.1 Å². The first-order chi connectivity index (χ1) is 11.1. The third-order valence-corrected chi connectivity index (χ3v) is 3.28. The van der Waals surface area contributed by atoms with Crippen LogP contribution in [0.15, 0.2) is 30.3 Å². The molecule has 1 aromatic carbocycles. The van der Waals surface area contributed by atoms with Crippen LogP contribution in [0.5, 0.6) is 0 Å². The Morgan fingerprint density at radius 2 is 1.96 bits per heavy atom. The molecule has 23 heavy (non-hydrogen) atoms. The molecule has 0 bridgehead atoms. The first-order valence-corrected chi connectivity index (χ1v) is 7.69. The van der Waals surface area contributed by atoms with Gasteiger partial charge in [-0.05, 0) is 18.4 Å². The average Bonchev–Trinajstić information content (AvgIpc) is 2.57. The highest BCUT2D eigenvalue weighted by Gasteiger charge is 2.07. The van der Waals surface area contributed by atoms with Gasteiger partial charge in [0.25, 0.3) is 0 Å². The zero-order valence-electron chi connectivity index (χ0n) is 13.5. The average molecular weight is 317 g/mol. The highest BCUT2D eigenvalue weighted by molar-refractivity contribution is 5.76. The molecule has 0 aliphatic heterocycles. The third kappa shape index (κ3) is 8.47. The van der Waals surface area contributed by atoms with Gasteiger partial charge in [0, 0.05) is 20.0 Å². The zero-order chi connectivity index (χ0) is 16.9. The smallest absolute Gasteiger partial charge is 0.407 e. The number of carbonyl (C=O) groups is 2. The molecule has 0 fully saturated rings. The number of rotatable bonds is 9. The first-order valence-electron chi connectivity index (χ1n) is 7.69. The lowest BCUT2D eigenvalue weighted by Gasteiger charge is -2.12. The Labute approximate surface area is 137 Å². The lowest BCUT2D eigenvalue weighted by atomic mass is 10.2. The molecule has 6 heteroatoms. The van der Waals surface area contributed by atoms with Gasteiger partial charge in [-0.2, -0.15) is 5.26 Å². The van der Waals surface area contributed by atoms with Gasteiger partial charge in [-0.15, -0.1) is 0 Å². The van der Waals surface area contributed by atoms with Crippen molar-refractivity contribution >= 4 is 12.0 Å². The molecular formula is C17H23N3O3. The molecule has 1 aromatic rings. The fraction of sp³-hybridized carbons (Fsp3) is 0.471. The number of amides is 2. The second-order valence-electron chi connectivity index (χ2n) is 5.21. The van der Waals surface area contributed by atoms with E-state index >= 15 is 0 Å². The molecule has 0 aliphatic carbocycles. The summed E-state index contributed by atoms with van der Waals surface area (Å²) in [6.45, 7) is 0.899. The number of benzene rings is 1. The standard InChI is InChI=1S/C17H23N3O3/c1-20(13-11-18)16(21)10-6-3-7-12-19-17(22)23-14-15-8-4-2-5-9-15/h2,4-5,8-9H,3,6-7,10,12-14H2,1H3,(H,19,22). The molecule has 0 aromatic heterocycles. The lowest BCUT2D eigenvalue weighted by molar-refractivity contribution is -0.129. The Kier molecular flexibility index (Phi) is 8.91. The largest absolute Gasteiger partial charge is 0.445 e. The lowest BCUT2D eigenvalue weighted by Crippen LogP contribution is -2.27. The highest BCUT2D eigenvalue weighted by atomic mass is 16.5. The van der Waals surface area contributed by atoms with Crippen molar-refractivity contribution in [2.24, 2.45) is 0 Å². The predicted octanol–water partition coefficient (Wildman–Crippen LogP) is 2.46. The van der Waals surface area contributed by atoms with Crippen LogP contribution in [0.4, 0.5) is 4.79 Å². The molecule has 0 saturated heterocycles. The van der Waals surface area contributed by atoms with Crippen LogP contribution >= 0.6 is 0 Å². The van der Waals surface area contributed by atoms with E-state index in [0.29, 0.717) is 13.0 Å². The fourth-order valence-corrected chi connectivity index (χ4v) is 1.93. The van der Waals surface area contributed by atoms with Gasteiger partial charge < -0.3 is 15.0 Å². The molecule has 0 heterocycles. The molecule has 0 saturated carbocycles. The van der Waals surface area contributed by atoms with Crippen LogP contribution in [0, 0.1) is 11.3 Å². The van der Waals surface area contributed by atoms with Crippen LogP contribution in [0.1, 0.15) is 31.2 Å². The Bertz CT molecular complexity index is 526.